The molecule has 108 valence electrons. The molecule has 1 saturated heterocycles. The van der Waals surface area contributed by atoms with Gasteiger partial charge in [-0.2, -0.15) is 0 Å². The predicted octanol–water partition coefficient (Wildman–Crippen LogP) is -0.272. The van der Waals surface area contributed by atoms with E-state index in [1.54, 1.807) is 6.92 Å². The van der Waals surface area contributed by atoms with Crippen LogP contribution in [0.15, 0.2) is 0 Å². The summed E-state index contributed by atoms with van der Waals surface area (Å²) in [4.78, 5) is 22.6. The quantitative estimate of drug-likeness (QED) is 0.659. The van der Waals surface area contributed by atoms with Crippen LogP contribution in [0.5, 0.6) is 0 Å². The predicted molar refractivity (Wildman–Crippen MR) is 67.5 cm³/mol. The van der Waals surface area contributed by atoms with Crippen molar-refractivity contribution in [3.63, 3.8) is 0 Å². The molecule has 8 heteroatoms. The summed E-state index contributed by atoms with van der Waals surface area (Å²) >= 11 is 0. The molecule has 1 unspecified atom stereocenters. The van der Waals surface area contributed by atoms with Crippen LogP contribution in [0.1, 0.15) is 26.2 Å². The third-order valence-corrected chi connectivity index (χ3v) is 5.72. The maximum absolute atomic E-state index is 11.7. The summed E-state index contributed by atoms with van der Waals surface area (Å²) in [7, 11) is -3.08. The number of hydrogen-bond acceptors (Lipinski definition) is 4. The van der Waals surface area contributed by atoms with Crippen molar-refractivity contribution in [2.45, 2.75) is 31.7 Å². The van der Waals surface area contributed by atoms with Gasteiger partial charge in [0.1, 0.15) is 0 Å². The zero-order valence-corrected chi connectivity index (χ0v) is 11.5. The summed E-state index contributed by atoms with van der Waals surface area (Å²) < 4.78 is 22.8. The van der Waals surface area contributed by atoms with Crippen LogP contribution in [0.4, 0.5) is 4.79 Å². The Labute approximate surface area is 111 Å². The summed E-state index contributed by atoms with van der Waals surface area (Å²) in [5, 5.41) is 14.1. The van der Waals surface area contributed by atoms with Crippen molar-refractivity contribution in [2.24, 2.45) is 5.41 Å². The molecule has 2 fully saturated rings. The van der Waals surface area contributed by atoms with Crippen LogP contribution in [-0.4, -0.2) is 49.1 Å². The molecule has 7 nitrogen and oxygen atoms in total. The lowest BCUT2D eigenvalue weighted by molar-refractivity contribution is -0.143. The van der Waals surface area contributed by atoms with Crippen molar-refractivity contribution in [1.82, 2.24) is 10.6 Å². The Kier molecular flexibility index (Phi) is 3.24. The molecular weight excluding hydrogens is 272 g/mol. The van der Waals surface area contributed by atoms with Crippen molar-refractivity contribution in [3.8, 4) is 0 Å². The number of carboxylic acids is 1. The average molecular weight is 290 g/mol. The highest BCUT2D eigenvalue weighted by Crippen LogP contribution is 2.45. The van der Waals surface area contributed by atoms with Crippen LogP contribution in [0.2, 0.25) is 0 Å². The number of carbonyl (C=O) groups is 2. The second-order valence-corrected chi connectivity index (χ2v) is 7.98. The number of rotatable bonds is 4. The smallest absolute Gasteiger partial charge is 0.315 e. The van der Waals surface area contributed by atoms with Crippen LogP contribution < -0.4 is 10.6 Å². The van der Waals surface area contributed by atoms with Gasteiger partial charge < -0.3 is 15.7 Å². The maximum Gasteiger partial charge on any atom is 0.315 e. The molecule has 1 heterocycles. The van der Waals surface area contributed by atoms with E-state index in [4.69, 9.17) is 5.11 Å². The fourth-order valence-electron chi connectivity index (χ4n) is 2.29. The summed E-state index contributed by atoms with van der Waals surface area (Å²) in [6, 6.07) is -0.507. The summed E-state index contributed by atoms with van der Waals surface area (Å²) in [5.41, 5.74) is -1.58. The number of carbonyl (C=O) groups excluding carboxylic acids is 1. The Hall–Kier alpha value is -1.31. The van der Waals surface area contributed by atoms with E-state index in [-0.39, 0.29) is 18.1 Å². The molecule has 0 spiro atoms. The van der Waals surface area contributed by atoms with Gasteiger partial charge in [0, 0.05) is 6.54 Å². The third kappa shape index (κ3) is 3.17. The molecule has 0 radical (unpaired) electrons. The van der Waals surface area contributed by atoms with Gasteiger partial charge in [-0.1, -0.05) is 0 Å². The van der Waals surface area contributed by atoms with Gasteiger partial charge in [-0.15, -0.1) is 0 Å². The monoisotopic (exact) mass is 290 g/mol. The maximum atomic E-state index is 11.7. The number of carboxylic acid groups (broad SMARTS) is 1. The number of aliphatic carboxylic acids is 1. The van der Waals surface area contributed by atoms with Gasteiger partial charge in [-0.25, -0.2) is 13.2 Å². The van der Waals surface area contributed by atoms with Gasteiger partial charge in [-0.3, -0.25) is 4.79 Å². The minimum atomic E-state index is -3.08. The van der Waals surface area contributed by atoms with E-state index in [1.807, 2.05) is 0 Å². The van der Waals surface area contributed by atoms with E-state index in [9.17, 15) is 18.0 Å². The van der Waals surface area contributed by atoms with Gasteiger partial charge in [0.15, 0.2) is 9.84 Å². The van der Waals surface area contributed by atoms with E-state index < -0.39 is 32.8 Å². The van der Waals surface area contributed by atoms with Gasteiger partial charge in [0.25, 0.3) is 0 Å². The lowest BCUT2D eigenvalue weighted by Crippen LogP contribution is -2.52. The molecule has 1 aliphatic heterocycles. The molecule has 1 saturated carbocycles. The minimum Gasteiger partial charge on any atom is -0.481 e. The topological polar surface area (TPSA) is 113 Å². The van der Waals surface area contributed by atoms with Crippen molar-refractivity contribution >= 4 is 21.8 Å². The van der Waals surface area contributed by atoms with Crippen molar-refractivity contribution < 1.29 is 23.1 Å². The van der Waals surface area contributed by atoms with E-state index in [0.717, 1.165) is 0 Å². The molecule has 2 amide bonds. The van der Waals surface area contributed by atoms with Crippen LogP contribution in [0, 0.1) is 5.41 Å². The van der Waals surface area contributed by atoms with Crippen molar-refractivity contribution in [3.05, 3.63) is 0 Å². The summed E-state index contributed by atoms with van der Waals surface area (Å²) in [5.74, 6) is -0.900. The van der Waals surface area contributed by atoms with E-state index in [1.165, 1.54) is 0 Å². The first-order chi connectivity index (χ1) is 8.67. The summed E-state index contributed by atoms with van der Waals surface area (Å²) in [6.07, 6.45) is 1.51. The Bertz CT molecular complexity index is 511. The summed E-state index contributed by atoms with van der Waals surface area (Å²) in [6.45, 7) is 1.76. The molecule has 0 aromatic rings. The Morgan fingerprint density at radius 2 is 1.89 bits per heavy atom. The van der Waals surface area contributed by atoms with Gasteiger partial charge in [0.05, 0.1) is 22.5 Å². The standard InChI is InChI=1S/C11H18N2O5S/c1-10(4-5-19(17,18)7-10)13-9(16)12-6-11(2-3-11)8(14)15/h2-7H2,1H3,(H,14,15)(H2,12,13,16). The van der Waals surface area contributed by atoms with Gasteiger partial charge in [-0.05, 0) is 26.2 Å². The lowest BCUT2D eigenvalue weighted by atomic mass is 10.0. The number of sulfone groups is 1. The highest BCUT2D eigenvalue weighted by Gasteiger charge is 2.50. The first-order valence-electron chi connectivity index (χ1n) is 6.16. The number of amides is 2. The van der Waals surface area contributed by atoms with Gasteiger partial charge >= 0.3 is 12.0 Å². The highest BCUT2D eigenvalue weighted by molar-refractivity contribution is 7.91. The Balaban J connectivity index is 1.84. The number of hydrogen-bond donors (Lipinski definition) is 3. The fraction of sp³-hybridized carbons (Fsp3) is 0.818. The average Bonchev–Trinajstić information content (AvgIpc) is 2.99. The lowest BCUT2D eigenvalue weighted by Gasteiger charge is -2.24. The zero-order chi connectivity index (χ0) is 14.3. The van der Waals surface area contributed by atoms with Crippen LogP contribution in [-0.2, 0) is 14.6 Å². The van der Waals surface area contributed by atoms with Gasteiger partial charge in [0.2, 0.25) is 0 Å². The van der Waals surface area contributed by atoms with E-state index >= 15 is 0 Å². The first kappa shape index (κ1) is 14.1. The van der Waals surface area contributed by atoms with Crippen molar-refractivity contribution in [2.75, 3.05) is 18.1 Å². The molecule has 2 rings (SSSR count). The SMILES string of the molecule is CC1(NC(=O)NCC2(C(=O)O)CC2)CCS(=O)(=O)C1. The molecule has 1 atom stereocenters. The highest BCUT2D eigenvalue weighted by atomic mass is 32.2. The Morgan fingerprint density at radius 1 is 1.26 bits per heavy atom. The Morgan fingerprint density at radius 3 is 2.32 bits per heavy atom. The second kappa shape index (κ2) is 4.36. The van der Waals surface area contributed by atoms with Crippen LogP contribution in [0.25, 0.3) is 0 Å². The molecule has 3 N–H and O–H groups in total. The van der Waals surface area contributed by atoms with Crippen LogP contribution >= 0.6 is 0 Å². The van der Waals surface area contributed by atoms with Crippen molar-refractivity contribution in [1.29, 1.82) is 0 Å². The number of urea groups is 1. The molecular formula is C11H18N2O5S. The fourth-order valence-corrected chi connectivity index (χ4v) is 4.39. The molecule has 19 heavy (non-hydrogen) atoms. The molecule has 1 aliphatic carbocycles. The number of nitrogens with one attached hydrogen (secondary N) is 2. The second-order valence-electron chi connectivity index (χ2n) is 5.80. The third-order valence-electron chi connectivity index (χ3n) is 3.81. The minimum absolute atomic E-state index is 0.0719. The molecule has 0 aromatic heterocycles. The zero-order valence-electron chi connectivity index (χ0n) is 10.7. The van der Waals surface area contributed by atoms with Crippen LogP contribution in [0.3, 0.4) is 0 Å². The largest absolute Gasteiger partial charge is 0.481 e. The molecule has 0 aromatic carbocycles. The molecule has 0 bridgehead atoms. The van der Waals surface area contributed by atoms with E-state index in [0.29, 0.717) is 19.3 Å². The normalized spacial score (nSPS) is 30.6. The molecule has 2 aliphatic rings. The van der Waals surface area contributed by atoms with E-state index in [2.05, 4.69) is 10.6 Å². The first-order valence-corrected chi connectivity index (χ1v) is 7.99.